The van der Waals surface area contributed by atoms with E-state index in [-0.39, 0.29) is 30.4 Å². The first kappa shape index (κ1) is 17.7. The Morgan fingerprint density at radius 3 is 2.24 bits per heavy atom. The van der Waals surface area contributed by atoms with Gasteiger partial charge in [0.05, 0.1) is 5.69 Å². The molecule has 0 aliphatic heterocycles. The highest BCUT2D eigenvalue weighted by Gasteiger charge is 2.10. The predicted molar refractivity (Wildman–Crippen MR) is 78.4 cm³/mol. The van der Waals surface area contributed by atoms with Crippen molar-refractivity contribution in [2.75, 3.05) is 0 Å². The summed E-state index contributed by atoms with van der Waals surface area (Å²) in [6.45, 7) is 0.751. The van der Waals surface area contributed by atoms with Gasteiger partial charge in [0.1, 0.15) is 6.61 Å². The molecule has 2 heterocycles. The molecule has 0 unspecified atom stereocenters. The molecule has 0 spiro atoms. The fourth-order valence-corrected chi connectivity index (χ4v) is 1.62. The molecule has 0 saturated carbocycles. The van der Waals surface area contributed by atoms with Crippen molar-refractivity contribution in [2.24, 2.45) is 0 Å². The van der Waals surface area contributed by atoms with Crippen LogP contribution >= 0.6 is 0 Å². The number of aryl methyl sites for hydroxylation is 1. The van der Waals surface area contributed by atoms with Crippen LogP contribution in [-0.4, -0.2) is 21.9 Å². The molecule has 0 atom stereocenters. The summed E-state index contributed by atoms with van der Waals surface area (Å²) >= 11 is 0. The number of nitrogens with one attached hydrogen (secondary N) is 2. The first-order chi connectivity index (χ1) is 11.8. The Morgan fingerprint density at radius 2 is 1.68 bits per heavy atom. The van der Waals surface area contributed by atoms with Crippen molar-refractivity contribution in [3.8, 4) is 0 Å². The number of carbonyl (C=O) groups excluding carboxylic acids is 2. The Hall–Kier alpha value is -3.63. The quantitative estimate of drug-likeness (QED) is 0.503. The summed E-state index contributed by atoms with van der Waals surface area (Å²) in [4.78, 5) is 60.0. The van der Waals surface area contributed by atoms with Crippen LogP contribution in [0.2, 0.25) is 0 Å². The van der Waals surface area contributed by atoms with Crippen molar-refractivity contribution >= 4 is 11.9 Å². The lowest BCUT2D eigenvalue weighted by molar-refractivity contribution is -0.142. The number of hydrogen-bond acceptors (Lipinski definition) is 9. The maximum atomic E-state index is 11.5. The standard InChI is InChI=1S/C14H12N2O9/c1-7-9(25-14(21)24-7)6-23-12(19)3-2-11(18)22-5-8-4-10(17)16-13(20)15-8/h2-4H,5-6H2,1H3,(H2,15,16,17,20)/b3-2+. The average molecular weight is 352 g/mol. The molecule has 11 nitrogen and oxygen atoms in total. The Bertz CT molecular complexity index is 945. The molecular weight excluding hydrogens is 340 g/mol. The average Bonchev–Trinajstić information content (AvgIpc) is 2.85. The van der Waals surface area contributed by atoms with Crippen LogP contribution in [0.5, 0.6) is 0 Å². The van der Waals surface area contributed by atoms with Gasteiger partial charge in [0, 0.05) is 18.2 Å². The van der Waals surface area contributed by atoms with Crippen molar-refractivity contribution in [1.82, 2.24) is 9.97 Å². The number of H-pyrrole nitrogens is 2. The second-order valence-electron chi connectivity index (χ2n) is 4.60. The topological polar surface area (TPSA) is 162 Å². The smallest absolute Gasteiger partial charge is 0.456 e. The number of ether oxygens (including phenoxy) is 2. The van der Waals surface area contributed by atoms with Crippen molar-refractivity contribution < 1.29 is 27.9 Å². The molecule has 0 fully saturated rings. The van der Waals surface area contributed by atoms with E-state index in [1.807, 2.05) is 4.98 Å². The zero-order valence-corrected chi connectivity index (χ0v) is 12.8. The van der Waals surface area contributed by atoms with Gasteiger partial charge < -0.3 is 23.3 Å². The van der Waals surface area contributed by atoms with Crippen LogP contribution in [0.25, 0.3) is 0 Å². The van der Waals surface area contributed by atoms with Crippen molar-refractivity contribution in [3.05, 3.63) is 66.9 Å². The summed E-state index contributed by atoms with van der Waals surface area (Å²) in [5.74, 6) is -2.48. The van der Waals surface area contributed by atoms with Crippen LogP contribution in [0.1, 0.15) is 17.2 Å². The van der Waals surface area contributed by atoms with Gasteiger partial charge in [-0.05, 0) is 6.92 Å². The van der Waals surface area contributed by atoms with E-state index in [1.54, 1.807) is 0 Å². The summed E-state index contributed by atoms with van der Waals surface area (Å²) in [5, 5.41) is 0. The lowest BCUT2D eigenvalue weighted by Crippen LogP contribution is -2.23. The van der Waals surface area contributed by atoms with Crippen LogP contribution in [0.3, 0.4) is 0 Å². The molecule has 2 rings (SSSR count). The summed E-state index contributed by atoms with van der Waals surface area (Å²) < 4.78 is 18.7. The van der Waals surface area contributed by atoms with Crippen molar-refractivity contribution in [3.63, 3.8) is 0 Å². The van der Waals surface area contributed by atoms with E-state index in [4.69, 9.17) is 9.47 Å². The maximum Gasteiger partial charge on any atom is 0.519 e. The van der Waals surface area contributed by atoms with E-state index < -0.39 is 29.0 Å². The number of rotatable bonds is 6. The zero-order valence-electron chi connectivity index (χ0n) is 12.8. The number of aromatic amines is 2. The van der Waals surface area contributed by atoms with E-state index in [1.165, 1.54) is 6.92 Å². The van der Waals surface area contributed by atoms with Crippen LogP contribution < -0.4 is 17.1 Å². The van der Waals surface area contributed by atoms with E-state index in [2.05, 4.69) is 13.8 Å². The van der Waals surface area contributed by atoms with Gasteiger partial charge in [-0.2, -0.15) is 0 Å². The summed E-state index contributed by atoms with van der Waals surface area (Å²) in [6, 6.07) is 1.05. The van der Waals surface area contributed by atoms with E-state index in [9.17, 15) is 24.0 Å². The molecule has 0 bridgehead atoms. The molecule has 2 aromatic rings. The van der Waals surface area contributed by atoms with Gasteiger partial charge in [0.15, 0.2) is 18.1 Å². The number of carbonyl (C=O) groups is 2. The molecule has 0 aliphatic carbocycles. The Labute approximate surface area is 137 Å². The first-order valence-electron chi connectivity index (χ1n) is 6.77. The normalized spacial score (nSPS) is 10.8. The SMILES string of the molecule is Cc1oc(=O)oc1COC(=O)/C=C/C(=O)OCc1cc(=O)[nH]c(=O)[nH]1. The van der Waals surface area contributed by atoms with Gasteiger partial charge in [0.2, 0.25) is 0 Å². The molecular formula is C14H12N2O9. The maximum absolute atomic E-state index is 11.5. The second kappa shape index (κ2) is 7.77. The van der Waals surface area contributed by atoms with Gasteiger partial charge in [0.25, 0.3) is 5.56 Å². The Morgan fingerprint density at radius 1 is 1.04 bits per heavy atom. The van der Waals surface area contributed by atoms with Gasteiger partial charge in [-0.25, -0.2) is 19.2 Å². The lowest BCUT2D eigenvalue weighted by Gasteiger charge is -2.01. The molecule has 2 N–H and O–H groups in total. The Balaban J connectivity index is 1.81. The molecule has 0 amide bonds. The van der Waals surface area contributed by atoms with Crippen molar-refractivity contribution in [1.29, 1.82) is 0 Å². The van der Waals surface area contributed by atoms with E-state index in [0.29, 0.717) is 0 Å². The van der Waals surface area contributed by atoms with Gasteiger partial charge in [-0.15, -0.1) is 0 Å². The highest BCUT2D eigenvalue weighted by atomic mass is 16.6. The molecule has 25 heavy (non-hydrogen) atoms. The largest absolute Gasteiger partial charge is 0.519 e. The zero-order chi connectivity index (χ0) is 18.4. The molecule has 132 valence electrons. The van der Waals surface area contributed by atoms with Gasteiger partial charge in [-0.1, -0.05) is 0 Å². The minimum Gasteiger partial charge on any atom is -0.456 e. The van der Waals surface area contributed by atoms with E-state index >= 15 is 0 Å². The highest BCUT2D eigenvalue weighted by Crippen LogP contribution is 2.06. The third kappa shape index (κ3) is 5.49. The number of hydrogen-bond donors (Lipinski definition) is 2. The molecule has 0 radical (unpaired) electrons. The Kier molecular flexibility index (Phi) is 5.50. The fourth-order valence-electron chi connectivity index (χ4n) is 1.62. The number of aromatic nitrogens is 2. The summed E-state index contributed by atoms with van der Waals surface area (Å²) in [7, 11) is 0. The van der Waals surface area contributed by atoms with Crippen molar-refractivity contribution in [2.45, 2.75) is 20.1 Å². The molecule has 0 saturated heterocycles. The summed E-state index contributed by atoms with van der Waals surface area (Å²) in [5.41, 5.74) is -1.29. The molecule has 0 aliphatic rings. The van der Waals surface area contributed by atoms with Gasteiger partial charge >= 0.3 is 23.5 Å². The third-order valence-electron chi connectivity index (χ3n) is 2.72. The summed E-state index contributed by atoms with van der Waals surface area (Å²) in [6.07, 6.45) is 1.60. The second-order valence-corrected chi connectivity index (χ2v) is 4.60. The van der Waals surface area contributed by atoms with Crippen LogP contribution in [0, 0.1) is 6.92 Å². The minimum atomic E-state index is -0.916. The van der Waals surface area contributed by atoms with Crippen LogP contribution in [0.15, 0.2) is 41.4 Å². The van der Waals surface area contributed by atoms with Crippen LogP contribution in [0.4, 0.5) is 0 Å². The first-order valence-corrected chi connectivity index (χ1v) is 6.77. The van der Waals surface area contributed by atoms with E-state index in [0.717, 1.165) is 18.2 Å². The molecule has 11 heteroatoms. The van der Waals surface area contributed by atoms with Crippen LogP contribution in [-0.2, 0) is 32.3 Å². The monoisotopic (exact) mass is 352 g/mol. The fraction of sp³-hybridized carbons (Fsp3) is 0.214. The molecule has 0 aromatic carbocycles. The highest BCUT2D eigenvalue weighted by molar-refractivity contribution is 5.91. The predicted octanol–water partition coefficient (Wildman–Crippen LogP) is -0.739. The lowest BCUT2D eigenvalue weighted by atomic mass is 10.4. The van der Waals surface area contributed by atoms with Gasteiger partial charge in [-0.3, -0.25) is 9.78 Å². The third-order valence-corrected chi connectivity index (χ3v) is 2.72. The number of esters is 2. The minimum absolute atomic E-state index is 0.0487. The molecule has 2 aromatic heterocycles.